The average molecular weight is 411 g/mol. The summed E-state index contributed by atoms with van der Waals surface area (Å²) in [5.41, 5.74) is 0.955. The zero-order chi connectivity index (χ0) is 17.7. The van der Waals surface area contributed by atoms with Crippen LogP contribution in [0.2, 0.25) is 0 Å². The highest BCUT2D eigenvalue weighted by molar-refractivity contribution is 9.10. The molecule has 0 atom stereocenters. The quantitative estimate of drug-likeness (QED) is 0.499. The lowest BCUT2D eigenvalue weighted by atomic mass is 10.0. The number of nitrogens with zero attached hydrogens (tertiary/aromatic N) is 3. The average Bonchev–Trinajstić information content (AvgIpc) is 2.90. The number of halogens is 1. The van der Waals surface area contributed by atoms with Gasteiger partial charge in [0.25, 0.3) is 0 Å². The minimum Gasteiger partial charge on any atom is -0.490 e. The fraction of sp³-hybridized carbons (Fsp3) is 0.471. The molecule has 1 N–H and O–H groups in total. The second-order valence-corrected chi connectivity index (χ2v) is 7.05. The molecule has 0 aliphatic rings. The molecular weight excluding hydrogens is 388 g/mol. The summed E-state index contributed by atoms with van der Waals surface area (Å²) in [6.07, 6.45) is 3.91. The summed E-state index contributed by atoms with van der Waals surface area (Å²) in [5, 5.41) is 11.7. The summed E-state index contributed by atoms with van der Waals surface area (Å²) in [7, 11) is 0. The van der Waals surface area contributed by atoms with E-state index in [-0.39, 0.29) is 6.10 Å². The molecule has 0 bridgehead atoms. The van der Waals surface area contributed by atoms with Crippen molar-refractivity contribution in [3.8, 4) is 5.75 Å². The fourth-order valence-electron chi connectivity index (χ4n) is 2.40. The number of H-pyrrole nitrogens is 1. The molecule has 0 fully saturated rings. The molecule has 24 heavy (non-hydrogen) atoms. The van der Waals surface area contributed by atoms with E-state index in [1.165, 1.54) is 0 Å². The Morgan fingerprint density at radius 1 is 1.38 bits per heavy atom. The van der Waals surface area contributed by atoms with Crippen molar-refractivity contribution >= 4 is 34.4 Å². The molecule has 1 aromatic heterocycles. The van der Waals surface area contributed by atoms with Crippen molar-refractivity contribution in [3.63, 3.8) is 0 Å². The Bertz CT molecular complexity index is 762. The van der Waals surface area contributed by atoms with Crippen LogP contribution in [0.15, 0.2) is 27.8 Å². The lowest BCUT2D eigenvalue weighted by Gasteiger charge is -2.12. The Morgan fingerprint density at radius 2 is 2.08 bits per heavy atom. The Hall–Kier alpha value is -1.47. The standard InChI is InChI=1S/C17H23BrN4OS/c1-5-13(6-2)16-20-21-17(24)22(16)19-10-12-7-8-15(14(18)9-12)23-11(3)4/h7-11,13H,5-6H2,1-4H3,(H,21,24)/b19-10-. The topological polar surface area (TPSA) is 55.2 Å². The van der Waals surface area contributed by atoms with E-state index in [0.717, 1.165) is 34.5 Å². The maximum Gasteiger partial charge on any atom is 0.216 e. The van der Waals surface area contributed by atoms with Crippen LogP contribution in [0.1, 0.15) is 57.8 Å². The predicted octanol–water partition coefficient (Wildman–Crippen LogP) is 5.28. The molecule has 2 aromatic rings. The van der Waals surface area contributed by atoms with Crippen LogP contribution in [0.4, 0.5) is 0 Å². The van der Waals surface area contributed by atoms with Crippen LogP contribution in [-0.2, 0) is 0 Å². The van der Waals surface area contributed by atoms with Crippen LogP contribution in [0.3, 0.4) is 0 Å². The summed E-state index contributed by atoms with van der Waals surface area (Å²) in [5.74, 6) is 2.03. The third kappa shape index (κ3) is 4.54. The van der Waals surface area contributed by atoms with E-state index in [9.17, 15) is 0 Å². The number of rotatable bonds is 7. The first kappa shape index (κ1) is 18.9. The molecule has 0 aliphatic heterocycles. The van der Waals surface area contributed by atoms with Crippen molar-refractivity contribution in [2.24, 2.45) is 5.10 Å². The minimum atomic E-state index is 0.132. The van der Waals surface area contributed by atoms with E-state index in [4.69, 9.17) is 17.0 Å². The molecule has 0 amide bonds. The highest BCUT2D eigenvalue weighted by atomic mass is 79.9. The van der Waals surface area contributed by atoms with Crippen molar-refractivity contribution in [3.05, 3.63) is 38.8 Å². The smallest absolute Gasteiger partial charge is 0.216 e. The first-order valence-corrected chi connectivity index (χ1v) is 9.34. The van der Waals surface area contributed by atoms with Crippen LogP contribution in [0, 0.1) is 4.77 Å². The summed E-state index contributed by atoms with van der Waals surface area (Å²) in [4.78, 5) is 0. The molecule has 0 unspecified atom stereocenters. The van der Waals surface area contributed by atoms with Gasteiger partial charge in [-0.1, -0.05) is 13.8 Å². The monoisotopic (exact) mass is 410 g/mol. The molecule has 0 spiro atoms. The number of nitrogens with one attached hydrogen (secondary N) is 1. The van der Waals surface area contributed by atoms with Crippen LogP contribution in [0.5, 0.6) is 5.75 Å². The predicted molar refractivity (Wildman–Crippen MR) is 104 cm³/mol. The van der Waals surface area contributed by atoms with Gasteiger partial charge in [-0.25, -0.2) is 0 Å². The van der Waals surface area contributed by atoms with Crippen molar-refractivity contribution in [2.75, 3.05) is 0 Å². The lowest BCUT2D eigenvalue weighted by Crippen LogP contribution is -2.06. The van der Waals surface area contributed by atoms with E-state index in [0.29, 0.717) is 10.7 Å². The molecule has 0 saturated heterocycles. The summed E-state index contributed by atoms with van der Waals surface area (Å²) < 4.78 is 8.83. The fourth-order valence-corrected chi connectivity index (χ4v) is 3.08. The van der Waals surface area contributed by atoms with E-state index in [1.807, 2.05) is 32.0 Å². The van der Waals surface area contributed by atoms with Crippen molar-refractivity contribution in [1.29, 1.82) is 0 Å². The second-order valence-electron chi connectivity index (χ2n) is 5.81. The van der Waals surface area contributed by atoms with E-state index < -0.39 is 0 Å². The third-order valence-electron chi connectivity index (χ3n) is 3.67. The summed E-state index contributed by atoms with van der Waals surface area (Å²) in [6.45, 7) is 8.29. The maximum atomic E-state index is 5.72. The zero-order valence-corrected chi connectivity index (χ0v) is 16.8. The maximum absolute atomic E-state index is 5.72. The number of benzene rings is 1. The molecule has 1 heterocycles. The van der Waals surface area contributed by atoms with Gasteiger partial charge in [-0.3, -0.25) is 5.10 Å². The Balaban J connectivity index is 2.27. The molecule has 5 nitrogen and oxygen atoms in total. The summed E-state index contributed by atoms with van der Waals surface area (Å²) in [6, 6.07) is 5.87. The van der Waals surface area contributed by atoms with Crippen LogP contribution >= 0.6 is 28.1 Å². The van der Waals surface area contributed by atoms with Crippen molar-refractivity contribution < 1.29 is 4.74 Å². The molecule has 0 aliphatic carbocycles. The zero-order valence-electron chi connectivity index (χ0n) is 14.4. The molecule has 0 saturated carbocycles. The van der Waals surface area contributed by atoms with Crippen LogP contribution < -0.4 is 4.74 Å². The Labute approximate surface area is 156 Å². The van der Waals surface area contributed by atoms with Gasteiger partial charge in [0.2, 0.25) is 4.77 Å². The third-order valence-corrected chi connectivity index (χ3v) is 4.55. The van der Waals surface area contributed by atoms with Gasteiger partial charge in [0.15, 0.2) is 5.82 Å². The number of aromatic amines is 1. The molecule has 2 rings (SSSR count). The Morgan fingerprint density at radius 3 is 2.67 bits per heavy atom. The van der Waals surface area contributed by atoms with Crippen molar-refractivity contribution in [2.45, 2.75) is 52.6 Å². The largest absolute Gasteiger partial charge is 0.490 e. The number of hydrogen-bond donors (Lipinski definition) is 1. The molecule has 130 valence electrons. The molecular formula is C17H23BrN4OS. The summed E-state index contributed by atoms with van der Waals surface area (Å²) >= 11 is 8.84. The van der Waals surface area contributed by atoms with E-state index >= 15 is 0 Å². The first-order valence-electron chi connectivity index (χ1n) is 8.14. The van der Waals surface area contributed by atoms with E-state index in [2.05, 4.69) is 45.1 Å². The van der Waals surface area contributed by atoms with Gasteiger partial charge < -0.3 is 4.74 Å². The van der Waals surface area contributed by atoms with Gasteiger partial charge >= 0.3 is 0 Å². The van der Waals surface area contributed by atoms with Gasteiger partial charge in [-0.2, -0.15) is 14.9 Å². The molecule has 7 heteroatoms. The number of hydrogen-bond acceptors (Lipinski definition) is 4. The highest BCUT2D eigenvalue weighted by Crippen LogP contribution is 2.26. The van der Waals surface area contributed by atoms with Crippen LogP contribution in [-0.4, -0.2) is 27.2 Å². The Kier molecular flexibility index (Phi) is 6.74. The normalized spacial score (nSPS) is 11.8. The SMILES string of the molecule is CCC(CC)c1n[nH]c(=S)n1/N=C\c1ccc(OC(C)C)c(Br)c1. The minimum absolute atomic E-state index is 0.132. The molecule has 1 aromatic carbocycles. The van der Waals surface area contributed by atoms with Gasteiger partial charge in [-0.15, -0.1) is 0 Å². The molecule has 0 radical (unpaired) electrons. The van der Waals surface area contributed by atoms with Gasteiger partial charge in [-0.05, 0) is 78.6 Å². The lowest BCUT2D eigenvalue weighted by molar-refractivity contribution is 0.241. The van der Waals surface area contributed by atoms with Crippen LogP contribution in [0.25, 0.3) is 0 Å². The number of aromatic nitrogens is 3. The van der Waals surface area contributed by atoms with Gasteiger partial charge in [0.05, 0.1) is 16.8 Å². The van der Waals surface area contributed by atoms with Gasteiger partial charge in [0, 0.05) is 5.92 Å². The second kappa shape index (κ2) is 8.58. The number of ether oxygens (including phenoxy) is 1. The first-order chi connectivity index (χ1) is 11.5. The van der Waals surface area contributed by atoms with Gasteiger partial charge in [0.1, 0.15) is 5.75 Å². The van der Waals surface area contributed by atoms with E-state index in [1.54, 1.807) is 10.9 Å². The highest BCUT2D eigenvalue weighted by Gasteiger charge is 2.15. The van der Waals surface area contributed by atoms with Crippen molar-refractivity contribution in [1.82, 2.24) is 14.9 Å².